The van der Waals surface area contributed by atoms with Crippen molar-refractivity contribution in [2.45, 2.75) is 13.3 Å². The Morgan fingerprint density at radius 2 is 2.00 bits per heavy atom. The van der Waals surface area contributed by atoms with Crippen molar-refractivity contribution in [1.29, 1.82) is 0 Å². The second-order valence-corrected chi connectivity index (χ2v) is 7.23. The molecule has 3 rings (SSSR count). The van der Waals surface area contributed by atoms with Crippen LogP contribution in [0.2, 0.25) is 0 Å². The summed E-state index contributed by atoms with van der Waals surface area (Å²) >= 11 is 1.46. The van der Waals surface area contributed by atoms with Gasteiger partial charge in [-0.1, -0.05) is 19.1 Å². The van der Waals surface area contributed by atoms with Crippen molar-refractivity contribution in [2.75, 3.05) is 56.5 Å². The maximum Gasteiger partial charge on any atom is 0.292 e. The second-order valence-electron chi connectivity index (χ2n) is 6.50. The van der Waals surface area contributed by atoms with E-state index < -0.39 is 0 Å². The molecule has 164 valence electrons. The number of hydrogen-bond donors (Lipinski definition) is 2. The van der Waals surface area contributed by atoms with Gasteiger partial charge in [-0.15, -0.1) is 24.0 Å². The van der Waals surface area contributed by atoms with Gasteiger partial charge < -0.3 is 20.4 Å². The first-order valence-electron chi connectivity index (χ1n) is 9.62. The Hall–Kier alpha value is -2.22. The Kier molecular flexibility index (Phi) is 9.49. The number of halogens is 1. The Balaban J connectivity index is 0.00000320. The highest BCUT2D eigenvalue weighted by molar-refractivity contribution is 14.0. The average molecular weight is 546 g/mol. The van der Waals surface area contributed by atoms with Crippen molar-refractivity contribution in [1.82, 2.24) is 19.6 Å². The van der Waals surface area contributed by atoms with Crippen LogP contribution in [0.4, 0.5) is 16.5 Å². The van der Waals surface area contributed by atoms with Crippen LogP contribution < -0.4 is 15.5 Å². The molecule has 0 spiro atoms. The molecule has 1 fully saturated rings. The zero-order valence-electron chi connectivity index (χ0n) is 17.1. The molecular formula is C18H27IN8O2S. The van der Waals surface area contributed by atoms with E-state index >= 15 is 0 Å². The number of anilines is 2. The van der Waals surface area contributed by atoms with Gasteiger partial charge in [0.15, 0.2) is 5.96 Å². The third kappa shape index (κ3) is 6.14. The summed E-state index contributed by atoms with van der Waals surface area (Å²) in [5.41, 5.74) is 0.599. The van der Waals surface area contributed by atoms with Gasteiger partial charge in [-0.05, 0) is 6.07 Å². The number of piperazine rings is 1. The molecule has 0 atom stereocenters. The average Bonchev–Trinajstić information content (AvgIpc) is 3.23. The van der Waals surface area contributed by atoms with Crippen LogP contribution in [0.3, 0.4) is 0 Å². The highest BCUT2D eigenvalue weighted by Crippen LogP contribution is 2.22. The summed E-state index contributed by atoms with van der Waals surface area (Å²) in [6.45, 7) is 6.64. The minimum atomic E-state index is -0.379. The predicted octanol–water partition coefficient (Wildman–Crippen LogP) is 2.44. The van der Waals surface area contributed by atoms with Gasteiger partial charge in [0.25, 0.3) is 5.69 Å². The van der Waals surface area contributed by atoms with Crippen molar-refractivity contribution in [2.24, 2.45) is 4.99 Å². The smallest absolute Gasteiger partial charge is 0.292 e. The van der Waals surface area contributed by atoms with Gasteiger partial charge in [-0.25, -0.2) is 4.98 Å². The van der Waals surface area contributed by atoms with Crippen LogP contribution in [0, 0.1) is 10.1 Å². The molecule has 0 bridgehead atoms. The largest absolute Gasteiger partial charge is 0.378 e. The molecule has 0 amide bonds. The molecule has 1 aromatic carbocycles. The topological polar surface area (TPSA) is 112 Å². The first-order valence-corrected chi connectivity index (χ1v) is 10.4. The van der Waals surface area contributed by atoms with Crippen LogP contribution in [-0.4, -0.2) is 71.5 Å². The number of aliphatic imine (C=N–C) groups is 1. The molecule has 0 unspecified atom stereocenters. The number of aryl methyl sites for hydroxylation is 1. The van der Waals surface area contributed by atoms with Crippen LogP contribution >= 0.6 is 35.5 Å². The molecule has 0 radical (unpaired) electrons. The first-order chi connectivity index (χ1) is 14.1. The van der Waals surface area contributed by atoms with Gasteiger partial charge in [0.1, 0.15) is 11.5 Å². The number of nitro benzene ring substituents is 1. The lowest BCUT2D eigenvalue weighted by Gasteiger charge is -2.36. The molecule has 12 heteroatoms. The van der Waals surface area contributed by atoms with E-state index in [4.69, 9.17) is 0 Å². The van der Waals surface area contributed by atoms with E-state index in [2.05, 4.69) is 41.7 Å². The molecule has 2 N–H and O–H groups in total. The summed E-state index contributed by atoms with van der Waals surface area (Å²) in [5.74, 6) is 1.73. The van der Waals surface area contributed by atoms with Crippen LogP contribution in [0.1, 0.15) is 12.7 Å². The van der Waals surface area contributed by atoms with Gasteiger partial charge in [-0.2, -0.15) is 4.37 Å². The Morgan fingerprint density at radius 3 is 2.63 bits per heavy atom. The second kappa shape index (κ2) is 11.8. The minimum absolute atomic E-state index is 0. The van der Waals surface area contributed by atoms with Crippen LogP contribution in [0.25, 0.3) is 0 Å². The molecular weight excluding hydrogens is 519 g/mol. The Morgan fingerprint density at radius 1 is 1.27 bits per heavy atom. The fourth-order valence-electron chi connectivity index (χ4n) is 3.11. The quantitative estimate of drug-likeness (QED) is 0.136. The Labute approximate surface area is 197 Å². The van der Waals surface area contributed by atoms with E-state index in [9.17, 15) is 10.1 Å². The monoisotopic (exact) mass is 546 g/mol. The van der Waals surface area contributed by atoms with Crippen molar-refractivity contribution < 1.29 is 4.92 Å². The summed E-state index contributed by atoms with van der Waals surface area (Å²) in [6.07, 6.45) is 0.854. The van der Waals surface area contributed by atoms with E-state index in [1.807, 2.05) is 0 Å². The minimum Gasteiger partial charge on any atom is -0.378 e. The summed E-state index contributed by atoms with van der Waals surface area (Å²) < 4.78 is 4.36. The van der Waals surface area contributed by atoms with Gasteiger partial charge in [0, 0.05) is 70.3 Å². The molecule has 2 aromatic rings. The van der Waals surface area contributed by atoms with Gasteiger partial charge in [0.05, 0.1) is 4.92 Å². The van der Waals surface area contributed by atoms with E-state index in [1.165, 1.54) is 17.6 Å². The number of hydrogen-bond acceptors (Lipinski definition) is 8. The highest BCUT2D eigenvalue weighted by atomic mass is 127. The SMILES string of the molecule is CCc1nsc(N2CCN(C(=NC)NCCNc3ccccc3[N+](=O)[O-])CC2)n1.I. The molecule has 2 heterocycles. The van der Waals surface area contributed by atoms with Gasteiger partial charge in [-0.3, -0.25) is 15.1 Å². The van der Waals surface area contributed by atoms with E-state index in [0.717, 1.165) is 49.5 Å². The molecule has 1 saturated heterocycles. The molecule has 30 heavy (non-hydrogen) atoms. The molecule has 1 aliphatic rings. The molecule has 10 nitrogen and oxygen atoms in total. The molecule has 0 aliphatic carbocycles. The maximum absolute atomic E-state index is 11.1. The standard InChI is InChI=1S/C18H26N8O2S.HI/c1-3-16-22-18(29-23-16)25-12-10-24(11-13-25)17(19-2)21-9-8-20-14-6-4-5-7-15(14)26(27)28;/h4-7,20H,3,8-13H2,1-2H3,(H,19,21);1H. The number of benzene rings is 1. The van der Waals surface area contributed by atoms with E-state index in [-0.39, 0.29) is 34.6 Å². The highest BCUT2D eigenvalue weighted by Gasteiger charge is 2.22. The third-order valence-corrected chi connectivity index (χ3v) is 5.47. The number of nitrogens with zero attached hydrogens (tertiary/aromatic N) is 6. The number of nitro groups is 1. The summed E-state index contributed by atoms with van der Waals surface area (Å²) in [6, 6.07) is 6.65. The fourth-order valence-corrected chi connectivity index (χ4v) is 3.91. The number of aromatic nitrogens is 2. The summed E-state index contributed by atoms with van der Waals surface area (Å²) in [5, 5.41) is 18.5. The van der Waals surface area contributed by atoms with Crippen LogP contribution in [0.5, 0.6) is 0 Å². The molecule has 0 saturated carbocycles. The molecule has 1 aliphatic heterocycles. The van der Waals surface area contributed by atoms with E-state index in [1.54, 1.807) is 25.2 Å². The zero-order chi connectivity index (χ0) is 20.6. The van der Waals surface area contributed by atoms with Crippen molar-refractivity contribution in [3.05, 3.63) is 40.2 Å². The lowest BCUT2D eigenvalue weighted by atomic mass is 10.2. The van der Waals surface area contributed by atoms with Gasteiger partial charge >= 0.3 is 0 Å². The third-order valence-electron chi connectivity index (χ3n) is 4.66. The van der Waals surface area contributed by atoms with Crippen molar-refractivity contribution in [3.8, 4) is 0 Å². The van der Waals surface area contributed by atoms with Crippen LogP contribution in [0.15, 0.2) is 29.3 Å². The van der Waals surface area contributed by atoms with Crippen molar-refractivity contribution >= 4 is 58.0 Å². The molecule has 1 aromatic heterocycles. The zero-order valence-corrected chi connectivity index (χ0v) is 20.2. The number of para-hydroxylation sites is 2. The van der Waals surface area contributed by atoms with E-state index in [0.29, 0.717) is 18.8 Å². The lowest BCUT2D eigenvalue weighted by molar-refractivity contribution is -0.384. The van der Waals surface area contributed by atoms with Crippen LogP contribution in [-0.2, 0) is 6.42 Å². The first kappa shape index (κ1) is 24.1. The summed E-state index contributed by atoms with van der Waals surface area (Å²) in [4.78, 5) is 24.1. The maximum atomic E-state index is 11.1. The number of rotatable bonds is 7. The van der Waals surface area contributed by atoms with Gasteiger partial charge in [0.2, 0.25) is 5.13 Å². The lowest BCUT2D eigenvalue weighted by Crippen LogP contribution is -2.53. The van der Waals surface area contributed by atoms with Crippen molar-refractivity contribution in [3.63, 3.8) is 0 Å². The number of guanidine groups is 1. The fraction of sp³-hybridized carbons (Fsp3) is 0.500. The normalized spacial score (nSPS) is 14.3. The number of nitrogens with one attached hydrogen (secondary N) is 2. The predicted molar refractivity (Wildman–Crippen MR) is 131 cm³/mol. The summed E-state index contributed by atoms with van der Waals surface area (Å²) in [7, 11) is 1.77. The Bertz CT molecular complexity index is 854.